The summed E-state index contributed by atoms with van der Waals surface area (Å²) in [5, 5.41) is 8.87. The second-order valence-electron chi connectivity index (χ2n) is 2.57. The van der Waals surface area contributed by atoms with E-state index in [0.717, 1.165) is 5.56 Å². The van der Waals surface area contributed by atoms with E-state index < -0.39 is 0 Å². The van der Waals surface area contributed by atoms with E-state index in [4.69, 9.17) is 15.7 Å². The predicted molar refractivity (Wildman–Crippen MR) is 51.3 cm³/mol. The van der Waals surface area contributed by atoms with Crippen molar-refractivity contribution in [2.24, 2.45) is 5.84 Å². The van der Waals surface area contributed by atoms with Gasteiger partial charge < -0.3 is 15.3 Å². The third-order valence-corrected chi connectivity index (χ3v) is 1.68. The summed E-state index contributed by atoms with van der Waals surface area (Å²) < 4.78 is 5.30. The molecule has 0 saturated heterocycles. The zero-order chi connectivity index (χ0) is 9.68. The van der Waals surface area contributed by atoms with Gasteiger partial charge in [0.15, 0.2) is 0 Å². The van der Waals surface area contributed by atoms with Crippen LogP contribution in [0, 0.1) is 0 Å². The van der Waals surface area contributed by atoms with Gasteiger partial charge in [-0.05, 0) is 24.6 Å². The first-order chi connectivity index (χ1) is 6.31. The Morgan fingerprint density at radius 1 is 1.54 bits per heavy atom. The minimum atomic E-state index is 0.00108. The first-order valence-electron chi connectivity index (χ1n) is 4.15. The summed E-state index contributed by atoms with van der Waals surface area (Å²) >= 11 is 0. The van der Waals surface area contributed by atoms with E-state index in [2.05, 4.69) is 5.43 Å². The summed E-state index contributed by atoms with van der Waals surface area (Å²) in [4.78, 5) is 0. The summed E-state index contributed by atoms with van der Waals surface area (Å²) in [7, 11) is 0. The van der Waals surface area contributed by atoms with E-state index in [1.807, 2.05) is 6.92 Å². The molecular weight excluding hydrogens is 168 g/mol. The van der Waals surface area contributed by atoms with E-state index >= 15 is 0 Å². The molecule has 4 nitrogen and oxygen atoms in total. The molecule has 0 spiro atoms. The molecule has 4 heteroatoms. The highest BCUT2D eigenvalue weighted by molar-refractivity contribution is 5.57. The van der Waals surface area contributed by atoms with Crippen LogP contribution in [0.5, 0.6) is 5.75 Å². The number of anilines is 1. The van der Waals surface area contributed by atoms with Crippen molar-refractivity contribution >= 4 is 5.69 Å². The molecule has 0 aliphatic carbocycles. The largest absolute Gasteiger partial charge is 0.492 e. The standard InChI is InChI=1S/C9H14N2O2/c1-2-13-9-4-3-7(6-12)5-8(9)11-10/h3-5,11-12H,2,6,10H2,1H3. The Labute approximate surface area is 77.3 Å². The van der Waals surface area contributed by atoms with Crippen molar-refractivity contribution in [2.75, 3.05) is 12.0 Å². The quantitative estimate of drug-likeness (QED) is 0.477. The summed E-state index contributed by atoms with van der Waals surface area (Å²) in [5.74, 6) is 5.99. The van der Waals surface area contributed by atoms with Crippen molar-refractivity contribution in [1.82, 2.24) is 0 Å². The molecule has 0 fully saturated rings. The van der Waals surface area contributed by atoms with Crippen molar-refractivity contribution in [2.45, 2.75) is 13.5 Å². The van der Waals surface area contributed by atoms with Crippen LogP contribution in [-0.4, -0.2) is 11.7 Å². The molecule has 0 heterocycles. The summed E-state index contributed by atoms with van der Waals surface area (Å²) in [6.45, 7) is 2.49. The van der Waals surface area contributed by atoms with Gasteiger partial charge in [0.05, 0.1) is 18.9 Å². The summed E-state index contributed by atoms with van der Waals surface area (Å²) in [5.41, 5.74) is 4.01. The van der Waals surface area contributed by atoms with Crippen molar-refractivity contribution < 1.29 is 9.84 Å². The SMILES string of the molecule is CCOc1ccc(CO)cc1NN. The molecule has 1 aromatic carbocycles. The number of hydrazine groups is 1. The van der Waals surface area contributed by atoms with Gasteiger partial charge in [-0.1, -0.05) is 6.07 Å². The number of benzene rings is 1. The lowest BCUT2D eigenvalue weighted by molar-refractivity contribution is 0.281. The highest BCUT2D eigenvalue weighted by Gasteiger charge is 2.02. The van der Waals surface area contributed by atoms with E-state index in [-0.39, 0.29) is 6.61 Å². The Kier molecular flexibility index (Phi) is 3.54. The predicted octanol–water partition coefficient (Wildman–Crippen LogP) is 0.863. The first kappa shape index (κ1) is 9.83. The van der Waals surface area contributed by atoms with Crippen molar-refractivity contribution in [1.29, 1.82) is 0 Å². The Balaban J connectivity index is 2.93. The van der Waals surface area contributed by atoms with Crippen LogP contribution in [-0.2, 0) is 6.61 Å². The Hall–Kier alpha value is -1.26. The van der Waals surface area contributed by atoms with Gasteiger partial charge in [-0.15, -0.1) is 0 Å². The Morgan fingerprint density at radius 2 is 2.31 bits per heavy atom. The summed E-state index contributed by atoms with van der Waals surface area (Å²) in [6.07, 6.45) is 0. The zero-order valence-corrected chi connectivity index (χ0v) is 7.58. The smallest absolute Gasteiger partial charge is 0.143 e. The van der Waals surface area contributed by atoms with Crippen LogP contribution < -0.4 is 16.0 Å². The fourth-order valence-electron chi connectivity index (χ4n) is 1.07. The number of aliphatic hydroxyl groups excluding tert-OH is 1. The molecule has 4 N–H and O–H groups in total. The third-order valence-electron chi connectivity index (χ3n) is 1.68. The number of hydrogen-bond acceptors (Lipinski definition) is 4. The van der Waals surface area contributed by atoms with Crippen molar-refractivity contribution in [3.05, 3.63) is 23.8 Å². The molecule has 13 heavy (non-hydrogen) atoms. The van der Waals surface area contributed by atoms with Crippen molar-refractivity contribution in [3.8, 4) is 5.75 Å². The van der Waals surface area contributed by atoms with Crippen LogP contribution in [0.4, 0.5) is 5.69 Å². The van der Waals surface area contributed by atoms with Crippen LogP contribution in [0.3, 0.4) is 0 Å². The van der Waals surface area contributed by atoms with E-state index in [1.54, 1.807) is 18.2 Å². The summed E-state index contributed by atoms with van der Waals surface area (Å²) in [6, 6.07) is 5.33. The van der Waals surface area contributed by atoms with Gasteiger partial charge in [0.1, 0.15) is 5.75 Å². The van der Waals surface area contributed by atoms with Gasteiger partial charge in [-0.3, -0.25) is 5.84 Å². The maximum Gasteiger partial charge on any atom is 0.143 e. The van der Waals surface area contributed by atoms with Crippen LogP contribution in [0.25, 0.3) is 0 Å². The van der Waals surface area contributed by atoms with Crippen LogP contribution >= 0.6 is 0 Å². The lowest BCUT2D eigenvalue weighted by Gasteiger charge is -2.10. The Bertz CT molecular complexity index is 276. The molecule has 0 unspecified atom stereocenters. The molecule has 0 radical (unpaired) electrons. The molecule has 0 aliphatic rings. The third kappa shape index (κ3) is 2.34. The number of nitrogens with two attached hydrogens (primary N) is 1. The second kappa shape index (κ2) is 4.69. The zero-order valence-electron chi connectivity index (χ0n) is 7.58. The highest BCUT2D eigenvalue weighted by Crippen LogP contribution is 2.24. The van der Waals surface area contributed by atoms with Gasteiger partial charge in [0, 0.05) is 0 Å². The van der Waals surface area contributed by atoms with Gasteiger partial charge in [0.2, 0.25) is 0 Å². The molecule has 72 valence electrons. The molecule has 0 saturated carbocycles. The molecule has 0 aliphatic heterocycles. The number of nitrogens with one attached hydrogen (secondary N) is 1. The maximum absolute atomic E-state index is 8.87. The van der Waals surface area contributed by atoms with E-state index in [0.29, 0.717) is 18.0 Å². The fraction of sp³-hybridized carbons (Fsp3) is 0.333. The maximum atomic E-state index is 8.87. The fourth-order valence-corrected chi connectivity index (χ4v) is 1.07. The van der Waals surface area contributed by atoms with Gasteiger partial charge in [-0.25, -0.2) is 0 Å². The number of hydrogen-bond donors (Lipinski definition) is 3. The van der Waals surface area contributed by atoms with E-state index in [9.17, 15) is 0 Å². The lowest BCUT2D eigenvalue weighted by atomic mass is 10.2. The molecule has 0 amide bonds. The molecule has 1 aromatic rings. The number of aliphatic hydroxyl groups is 1. The molecule has 0 bridgehead atoms. The molecule has 1 rings (SSSR count). The normalized spacial score (nSPS) is 9.77. The van der Waals surface area contributed by atoms with Crippen LogP contribution in [0.2, 0.25) is 0 Å². The monoisotopic (exact) mass is 182 g/mol. The van der Waals surface area contributed by atoms with E-state index in [1.165, 1.54) is 0 Å². The number of nitrogen functional groups attached to an aromatic ring is 1. The van der Waals surface area contributed by atoms with Gasteiger partial charge in [0.25, 0.3) is 0 Å². The van der Waals surface area contributed by atoms with Crippen molar-refractivity contribution in [3.63, 3.8) is 0 Å². The van der Waals surface area contributed by atoms with Crippen LogP contribution in [0.15, 0.2) is 18.2 Å². The molecule has 0 aromatic heterocycles. The highest BCUT2D eigenvalue weighted by atomic mass is 16.5. The van der Waals surface area contributed by atoms with Gasteiger partial charge >= 0.3 is 0 Å². The second-order valence-corrected chi connectivity index (χ2v) is 2.57. The minimum absolute atomic E-state index is 0.00108. The number of ether oxygens (including phenoxy) is 1. The average molecular weight is 182 g/mol. The van der Waals surface area contributed by atoms with Gasteiger partial charge in [-0.2, -0.15) is 0 Å². The van der Waals surface area contributed by atoms with Crippen LogP contribution in [0.1, 0.15) is 12.5 Å². The Morgan fingerprint density at radius 3 is 2.85 bits per heavy atom. The minimum Gasteiger partial charge on any atom is -0.492 e. The molecule has 0 atom stereocenters. The molecular formula is C9H14N2O2. The first-order valence-corrected chi connectivity index (χ1v) is 4.15. The lowest BCUT2D eigenvalue weighted by Crippen LogP contribution is -2.09. The number of rotatable bonds is 4. The average Bonchev–Trinajstić information content (AvgIpc) is 2.19. The topological polar surface area (TPSA) is 67.5 Å².